The number of allylic oxidation sites excluding steroid dienone is 10. The van der Waals surface area contributed by atoms with Crippen molar-refractivity contribution in [2.45, 2.75) is 225 Å². The first-order valence-corrected chi connectivity index (χ1v) is 22.5. The van der Waals surface area contributed by atoms with Crippen LogP contribution in [-0.4, -0.2) is 46.9 Å². The summed E-state index contributed by atoms with van der Waals surface area (Å²) in [5.41, 5.74) is 0. The fourth-order valence-electron chi connectivity index (χ4n) is 6.41. The van der Waals surface area contributed by atoms with Crippen molar-refractivity contribution in [3.05, 3.63) is 60.8 Å². The van der Waals surface area contributed by atoms with Crippen molar-refractivity contribution in [1.82, 2.24) is 5.32 Å². The number of rotatable bonds is 39. The van der Waals surface area contributed by atoms with Crippen LogP contribution in [0, 0.1) is 0 Å². The van der Waals surface area contributed by atoms with E-state index in [0.717, 1.165) is 83.5 Å². The molecule has 0 radical (unpaired) electrons. The second-order valence-electron chi connectivity index (χ2n) is 15.1. The van der Waals surface area contributed by atoms with E-state index in [1.54, 1.807) is 0 Å². The Morgan fingerprint density at radius 2 is 1.04 bits per heavy atom. The average molecular weight is 756 g/mol. The summed E-state index contributed by atoms with van der Waals surface area (Å²) < 4.78 is 5.86. The van der Waals surface area contributed by atoms with Crippen LogP contribution in [-0.2, 0) is 14.3 Å². The van der Waals surface area contributed by atoms with Gasteiger partial charge in [-0.1, -0.05) is 178 Å². The molecular weight excluding hydrogens is 671 g/mol. The molecule has 0 fully saturated rings. The number of carbonyl (C=O) groups is 2. The largest absolute Gasteiger partial charge is 0.462 e. The van der Waals surface area contributed by atoms with Gasteiger partial charge in [-0.25, -0.2) is 0 Å². The van der Waals surface area contributed by atoms with Crippen molar-refractivity contribution >= 4 is 11.9 Å². The third kappa shape index (κ3) is 36.5. The SMILES string of the molecule is CC/C=C/C/C=C/C/C=C/C/C=C/CCCC(CC(=O)NC(CO)C(O)CCCCCCCCCCCC)OC(=O)CCCCCCC/C=C\CCCC. The average Bonchev–Trinajstić information content (AvgIpc) is 3.16. The summed E-state index contributed by atoms with van der Waals surface area (Å²) in [4.78, 5) is 25.9. The molecule has 0 spiro atoms. The molecular formula is C48H85NO5. The number of carbonyl (C=O) groups excluding carboxylic acids is 2. The van der Waals surface area contributed by atoms with Crippen LogP contribution in [0.25, 0.3) is 0 Å². The number of amides is 1. The van der Waals surface area contributed by atoms with Crippen LogP contribution in [0.1, 0.15) is 207 Å². The van der Waals surface area contributed by atoms with Crippen molar-refractivity contribution in [3.8, 4) is 0 Å². The highest BCUT2D eigenvalue weighted by Gasteiger charge is 2.24. The number of unbranched alkanes of at least 4 members (excludes halogenated alkanes) is 17. The lowest BCUT2D eigenvalue weighted by Gasteiger charge is -2.24. The molecule has 1 amide bonds. The second kappa shape index (κ2) is 41.7. The zero-order valence-corrected chi connectivity index (χ0v) is 35.3. The van der Waals surface area contributed by atoms with Crippen LogP contribution < -0.4 is 5.32 Å². The lowest BCUT2D eigenvalue weighted by atomic mass is 10.0. The van der Waals surface area contributed by atoms with Crippen LogP contribution in [0.4, 0.5) is 0 Å². The standard InChI is InChI=1S/C48H85NO5/c1-4-7-10-13-16-19-22-23-24-26-27-30-33-36-39-44(54-48(53)41-38-35-32-29-25-20-17-14-11-8-5-2)42-47(52)49-45(43-50)46(51)40-37-34-31-28-21-18-15-12-9-6-3/h7,10,14,16-17,19,23-24,27,30,44-46,50-51H,4-6,8-9,11-13,15,18,20-22,25-26,28-29,31-43H2,1-3H3,(H,49,52)/b10-7+,17-14-,19-16+,24-23+,30-27+. The van der Waals surface area contributed by atoms with Gasteiger partial charge in [0.1, 0.15) is 6.10 Å². The normalized spacial score (nSPS) is 13.9. The van der Waals surface area contributed by atoms with Gasteiger partial charge in [0.15, 0.2) is 0 Å². The second-order valence-corrected chi connectivity index (χ2v) is 15.1. The molecule has 0 heterocycles. The van der Waals surface area contributed by atoms with E-state index in [0.29, 0.717) is 19.3 Å². The lowest BCUT2D eigenvalue weighted by Crippen LogP contribution is -2.46. The number of aliphatic hydroxyl groups excluding tert-OH is 2. The Morgan fingerprint density at radius 3 is 1.63 bits per heavy atom. The Kier molecular flexibility index (Phi) is 39.8. The number of hydrogen-bond donors (Lipinski definition) is 3. The molecule has 6 heteroatoms. The molecule has 0 aromatic rings. The van der Waals surface area contributed by atoms with E-state index in [1.807, 2.05) is 0 Å². The first-order valence-electron chi connectivity index (χ1n) is 22.5. The predicted molar refractivity (Wildman–Crippen MR) is 232 cm³/mol. The van der Waals surface area contributed by atoms with E-state index in [1.165, 1.54) is 77.0 Å². The van der Waals surface area contributed by atoms with E-state index in [2.05, 4.69) is 86.8 Å². The number of ether oxygens (including phenoxy) is 1. The summed E-state index contributed by atoms with van der Waals surface area (Å²) in [5.74, 6) is -0.545. The van der Waals surface area contributed by atoms with Crippen molar-refractivity contribution in [3.63, 3.8) is 0 Å². The van der Waals surface area contributed by atoms with Gasteiger partial charge in [0.2, 0.25) is 5.91 Å². The van der Waals surface area contributed by atoms with Gasteiger partial charge in [0, 0.05) is 6.42 Å². The zero-order chi connectivity index (χ0) is 39.6. The predicted octanol–water partition coefficient (Wildman–Crippen LogP) is 12.9. The molecule has 0 bridgehead atoms. The van der Waals surface area contributed by atoms with Crippen LogP contribution in [0.5, 0.6) is 0 Å². The topological polar surface area (TPSA) is 95.9 Å². The van der Waals surface area contributed by atoms with Crippen LogP contribution in [0.15, 0.2) is 60.8 Å². The Balaban J connectivity index is 4.73. The van der Waals surface area contributed by atoms with Gasteiger partial charge in [0.25, 0.3) is 0 Å². The quantitative estimate of drug-likeness (QED) is 0.0330. The van der Waals surface area contributed by atoms with Crippen LogP contribution >= 0.6 is 0 Å². The van der Waals surface area contributed by atoms with E-state index in [-0.39, 0.29) is 24.9 Å². The van der Waals surface area contributed by atoms with Gasteiger partial charge in [-0.2, -0.15) is 0 Å². The lowest BCUT2D eigenvalue weighted by molar-refractivity contribution is -0.151. The summed E-state index contributed by atoms with van der Waals surface area (Å²) in [5, 5.41) is 23.6. The van der Waals surface area contributed by atoms with Crippen LogP contribution in [0.3, 0.4) is 0 Å². The Labute approximate surface area is 333 Å². The molecule has 0 saturated carbocycles. The molecule has 3 N–H and O–H groups in total. The van der Waals surface area contributed by atoms with Gasteiger partial charge in [0.05, 0.1) is 25.2 Å². The number of esters is 1. The fraction of sp³-hybridized carbons (Fsp3) is 0.750. The highest BCUT2D eigenvalue weighted by Crippen LogP contribution is 2.16. The molecule has 0 aliphatic carbocycles. The summed E-state index contributed by atoms with van der Waals surface area (Å²) in [6, 6.07) is -0.719. The van der Waals surface area contributed by atoms with E-state index in [9.17, 15) is 19.8 Å². The highest BCUT2D eigenvalue weighted by atomic mass is 16.5. The Bertz CT molecular complexity index is 984. The number of nitrogens with one attached hydrogen (secondary N) is 1. The molecule has 0 aromatic carbocycles. The van der Waals surface area contributed by atoms with Crippen molar-refractivity contribution < 1.29 is 24.5 Å². The maximum atomic E-state index is 13.1. The molecule has 6 nitrogen and oxygen atoms in total. The minimum Gasteiger partial charge on any atom is -0.462 e. The molecule has 3 atom stereocenters. The molecule has 0 rings (SSSR count). The Morgan fingerprint density at radius 1 is 0.556 bits per heavy atom. The van der Waals surface area contributed by atoms with Gasteiger partial charge in [-0.3, -0.25) is 9.59 Å². The number of aliphatic hydroxyl groups is 2. The molecule has 312 valence electrons. The third-order valence-electron chi connectivity index (χ3n) is 9.83. The molecule has 0 aromatic heterocycles. The third-order valence-corrected chi connectivity index (χ3v) is 9.83. The maximum absolute atomic E-state index is 13.1. The van der Waals surface area contributed by atoms with Crippen molar-refractivity contribution in [2.24, 2.45) is 0 Å². The van der Waals surface area contributed by atoms with Crippen molar-refractivity contribution in [2.75, 3.05) is 6.61 Å². The zero-order valence-electron chi connectivity index (χ0n) is 35.3. The van der Waals surface area contributed by atoms with Gasteiger partial charge in [-0.05, 0) is 77.0 Å². The minimum atomic E-state index is -0.802. The maximum Gasteiger partial charge on any atom is 0.306 e. The highest BCUT2D eigenvalue weighted by molar-refractivity contribution is 5.77. The van der Waals surface area contributed by atoms with Gasteiger partial charge in [-0.15, -0.1) is 0 Å². The van der Waals surface area contributed by atoms with Gasteiger partial charge >= 0.3 is 5.97 Å². The monoisotopic (exact) mass is 756 g/mol. The molecule has 54 heavy (non-hydrogen) atoms. The summed E-state index contributed by atoms with van der Waals surface area (Å²) in [6.45, 7) is 6.28. The summed E-state index contributed by atoms with van der Waals surface area (Å²) >= 11 is 0. The number of hydrogen-bond acceptors (Lipinski definition) is 5. The minimum absolute atomic E-state index is 0.0349. The Hall–Kier alpha value is -2.44. The van der Waals surface area contributed by atoms with Gasteiger partial charge < -0.3 is 20.3 Å². The van der Waals surface area contributed by atoms with Crippen molar-refractivity contribution in [1.29, 1.82) is 0 Å². The fourth-order valence-corrected chi connectivity index (χ4v) is 6.41. The smallest absolute Gasteiger partial charge is 0.306 e. The van der Waals surface area contributed by atoms with Crippen LogP contribution in [0.2, 0.25) is 0 Å². The van der Waals surface area contributed by atoms with E-state index in [4.69, 9.17) is 4.74 Å². The van der Waals surface area contributed by atoms with E-state index < -0.39 is 18.2 Å². The summed E-state index contributed by atoms with van der Waals surface area (Å²) in [7, 11) is 0. The molecule has 0 aliphatic heterocycles. The first-order chi connectivity index (χ1) is 26.5. The molecule has 3 unspecified atom stereocenters. The first kappa shape index (κ1) is 51.6. The van der Waals surface area contributed by atoms with E-state index >= 15 is 0 Å². The molecule has 0 aliphatic rings. The molecule has 0 saturated heterocycles. The summed E-state index contributed by atoms with van der Waals surface area (Å²) in [6.07, 6.45) is 50.0.